The lowest BCUT2D eigenvalue weighted by molar-refractivity contribution is 0.151. The van der Waals surface area contributed by atoms with Gasteiger partial charge in [0.05, 0.1) is 6.61 Å². The van der Waals surface area contributed by atoms with Gasteiger partial charge in [-0.3, -0.25) is 0 Å². The van der Waals surface area contributed by atoms with Gasteiger partial charge in [-0.2, -0.15) is 4.39 Å². The van der Waals surface area contributed by atoms with Crippen molar-refractivity contribution in [3.63, 3.8) is 0 Å². The molecule has 11 heavy (non-hydrogen) atoms. The summed E-state index contributed by atoms with van der Waals surface area (Å²) >= 11 is 0. The van der Waals surface area contributed by atoms with Gasteiger partial charge in [0.2, 0.25) is 0 Å². The third-order valence-electron chi connectivity index (χ3n) is 1.24. The largest absolute Gasteiger partial charge is 0.383 e. The number of methoxy groups -OCH3 is 1. The van der Waals surface area contributed by atoms with E-state index in [4.69, 9.17) is 6.42 Å². The molecular formula is C7H11FO2P+. The molecular weight excluding hydrogens is 166 g/mol. The van der Waals surface area contributed by atoms with Gasteiger partial charge in [0.15, 0.2) is 0 Å². The molecule has 0 aromatic heterocycles. The Morgan fingerprint density at radius 1 is 1.82 bits per heavy atom. The molecule has 2 nitrogen and oxygen atoms in total. The second-order valence-electron chi connectivity index (χ2n) is 2.15. The smallest absolute Gasteiger partial charge is 0.373 e. The van der Waals surface area contributed by atoms with Crippen LogP contribution >= 0.6 is 7.80 Å². The van der Waals surface area contributed by atoms with Crippen LogP contribution in [-0.4, -0.2) is 26.3 Å². The standard InChI is InChI=1S/C7H11FO2P/c1-4-6(5-10-2)7(8)11(3)9/h1,6-7H,5H2,2-3H3/q+1. The number of hydrogen-bond donors (Lipinski definition) is 0. The highest BCUT2D eigenvalue weighted by Crippen LogP contribution is 2.30. The van der Waals surface area contributed by atoms with E-state index in [9.17, 15) is 8.96 Å². The van der Waals surface area contributed by atoms with Gasteiger partial charge in [-0.1, -0.05) is 10.5 Å². The minimum Gasteiger partial charge on any atom is -0.383 e. The van der Waals surface area contributed by atoms with Crippen molar-refractivity contribution in [3.05, 3.63) is 0 Å². The lowest BCUT2D eigenvalue weighted by atomic mass is 10.2. The van der Waals surface area contributed by atoms with Gasteiger partial charge in [0, 0.05) is 7.11 Å². The average molecular weight is 177 g/mol. The predicted octanol–water partition coefficient (Wildman–Crippen LogP) is 1.64. The Kier molecular flexibility index (Phi) is 5.02. The number of hydrogen-bond acceptors (Lipinski definition) is 2. The minimum absolute atomic E-state index is 0.118. The molecule has 62 valence electrons. The van der Waals surface area contributed by atoms with E-state index < -0.39 is 19.6 Å². The third kappa shape index (κ3) is 3.46. The molecule has 0 fully saturated rings. The summed E-state index contributed by atoms with van der Waals surface area (Å²) in [5.74, 6) is 0.0647. The second kappa shape index (κ2) is 5.23. The van der Waals surface area contributed by atoms with Crippen LogP contribution in [0.5, 0.6) is 0 Å². The van der Waals surface area contributed by atoms with Crippen molar-refractivity contribution >= 4 is 7.80 Å². The maximum atomic E-state index is 12.9. The molecule has 0 aromatic carbocycles. The molecule has 0 aliphatic rings. The quantitative estimate of drug-likeness (QED) is 0.482. The summed E-state index contributed by atoms with van der Waals surface area (Å²) < 4.78 is 28.2. The zero-order chi connectivity index (χ0) is 8.85. The second-order valence-corrected chi connectivity index (χ2v) is 3.73. The first-order valence-electron chi connectivity index (χ1n) is 3.12. The summed E-state index contributed by atoms with van der Waals surface area (Å²) in [5, 5.41) is 0. The highest BCUT2D eigenvalue weighted by atomic mass is 31.1. The van der Waals surface area contributed by atoms with E-state index >= 15 is 0 Å². The number of terminal acetylenes is 1. The van der Waals surface area contributed by atoms with Crippen molar-refractivity contribution in [3.8, 4) is 12.3 Å². The van der Waals surface area contributed by atoms with Crippen LogP contribution in [0.1, 0.15) is 0 Å². The summed E-state index contributed by atoms with van der Waals surface area (Å²) in [6.45, 7) is 1.44. The molecule has 0 saturated heterocycles. The Hall–Kier alpha value is -0.450. The molecule has 0 radical (unpaired) electrons. The topological polar surface area (TPSA) is 26.3 Å². The van der Waals surface area contributed by atoms with E-state index in [2.05, 4.69) is 10.7 Å². The molecule has 0 aliphatic heterocycles. The molecule has 0 saturated carbocycles. The molecule has 3 atom stereocenters. The highest BCUT2D eigenvalue weighted by Gasteiger charge is 2.32. The van der Waals surface area contributed by atoms with Gasteiger partial charge in [0.25, 0.3) is 0 Å². The average Bonchev–Trinajstić information content (AvgIpc) is 1.98. The van der Waals surface area contributed by atoms with E-state index in [-0.39, 0.29) is 6.61 Å². The van der Waals surface area contributed by atoms with Crippen LogP contribution in [0.2, 0.25) is 0 Å². The van der Waals surface area contributed by atoms with Crippen molar-refractivity contribution < 1.29 is 13.7 Å². The van der Waals surface area contributed by atoms with Crippen molar-refractivity contribution in [1.29, 1.82) is 0 Å². The molecule has 0 bridgehead atoms. The van der Waals surface area contributed by atoms with E-state index in [1.54, 1.807) is 0 Å². The summed E-state index contributed by atoms with van der Waals surface area (Å²) in [4.78, 5) is 0. The van der Waals surface area contributed by atoms with Crippen LogP contribution in [0, 0.1) is 18.3 Å². The van der Waals surface area contributed by atoms with Gasteiger partial charge >= 0.3 is 13.7 Å². The number of halogens is 1. The van der Waals surface area contributed by atoms with E-state index in [1.165, 1.54) is 13.8 Å². The van der Waals surface area contributed by atoms with Gasteiger partial charge in [-0.15, -0.1) is 6.42 Å². The molecule has 0 N–H and O–H groups in total. The Balaban J connectivity index is 4.05. The lowest BCUT2D eigenvalue weighted by Crippen LogP contribution is -2.15. The minimum atomic E-state index is -1.86. The summed E-state index contributed by atoms with van der Waals surface area (Å²) in [7, 11) is -0.427. The van der Waals surface area contributed by atoms with Crippen LogP contribution in [0.25, 0.3) is 0 Å². The Morgan fingerprint density at radius 3 is 2.64 bits per heavy atom. The maximum absolute atomic E-state index is 12.9. The van der Waals surface area contributed by atoms with Crippen LogP contribution in [0.4, 0.5) is 4.39 Å². The first-order valence-corrected chi connectivity index (χ1v) is 4.90. The first-order chi connectivity index (χ1) is 5.13. The number of rotatable bonds is 4. The molecule has 0 aliphatic carbocycles. The maximum Gasteiger partial charge on any atom is 0.373 e. The molecule has 4 heteroatoms. The zero-order valence-electron chi connectivity index (χ0n) is 6.58. The molecule has 0 aromatic rings. The first kappa shape index (κ1) is 10.6. The number of ether oxygens (including phenoxy) is 1. The summed E-state index contributed by atoms with van der Waals surface area (Å²) in [6, 6.07) is 0. The SMILES string of the molecule is C#CC(COC)C(F)[P+](C)=O. The third-order valence-corrected chi connectivity index (χ3v) is 2.29. The van der Waals surface area contributed by atoms with E-state index in [0.29, 0.717) is 0 Å². The fraction of sp³-hybridized carbons (Fsp3) is 0.714. The van der Waals surface area contributed by atoms with Crippen LogP contribution < -0.4 is 0 Å². The van der Waals surface area contributed by atoms with Crippen LogP contribution in [0.15, 0.2) is 0 Å². The van der Waals surface area contributed by atoms with Crippen LogP contribution in [-0.2, 0) is 9.30 Å². The Labute approximate surface area is 66.9 Å². The van der Waals surface area contributed by atoms with Gasteiger partial charge in [-0.25, -0.2) is 0 Å². The normalized spacial score (nSPS) is 16.7. The Morgan fingerprint density at radius 2 is 2.36 bits per heavy atom. The van der Waals surface area contributed by atoms with Crippen molar-refractivity contribution in [2.24, 2.45) is 5.92 Å². The molecule has 0 spiro atoms. The van der Waals surface area contributed by atoms with Crippen molar-refractivity contribution in [2.75, 3.05) is 20.4 Å². The lowest BCUT2D eigenvalue weighted by Gasteiger charge is -2.04. The van der Waals surface area contributed by atoms with Crippen LogP contribution in [0.3, 0.4) is 0 Å². The van der Waals surface area contributed by atoms with Crippen molar-refractivity contribution in [2.45, 2.75) is 5.91 Å². The molecule has 0 heterocycles. The Bertz CT molecular complexity index is 176. The monoisotopic (exact) mass is 177 g/mol. The summed E-state index contributed by atoms with van der Waals surface area (Å²) in [6.07, 6.45) is 5.00. The number of alkyl halides is 1. The fourth-order valence-electron chi connectivity index (χ4n) is 0.640. The predicted molar refractivity (Wildman–Crippen MR) is 42.6 cm³/mol. The van der Waals surface area contributed by atoms with E-state index in [1.807, 2.05) is 0 Å². The highest BCUT2D eigenvalue weighted by molar-refractivity contribution is 7.44. The van der Waals surface area contributed by atoms with Gasteiger partial charge in [0.1, 0.15) is 12.6 Å². The van der Waals surface area contributed by atoms with Crippen molar-refractivity contribution in [1.82, 2.24) is 0 Å². The fourth-order valence-corrected chi connectivity index (χ4v) is 1.32. The summed E-state index contributed by atoms with van der Waals surface area (Å²) in [5.41, 5.74) is 0. The van der Waals surface area contributed by atoms with E-state index in [0.717, 1.165) is 0 Å². The van der Waals surface area contributed by atoms with Gasteiger partial charge < -0.3 is 4.74 Å². The van der Waals surface area contributed by atoms with Gasteiger partial charge in [-0.05, 0) is 0 Å². The molecule has 0 amide bonds. The molecule has 3 unspecified atom stereocenters. The molecule has 0 rings (SSSR count). The zero-order valence-corrected chi connectivity index (χ0v) is 7.48.